The van der Waals surface area contributed by atoms with Gasteiger partial charge >= 0.3 is 0 Å². The van der Waals surface area contributed by atoms with Crippen LogP contribution in [0.4, 0.5) is 5.69 Å². The molecule has 0 aromatic heterocycles. The van der Waals surface area contributed by atoms with Crippen molar-refractivity contribution in [3.05, 3.63) is 59.1 Å². The summed E-state index contributed by atoms with van der Waals surface area (Å²) in [5.74, 6) is 0.0191. The van der Waals surface area contributed by atoms with Crippen molar-refractivity contribution in [3.8, 4) is 5.75 Å². The number of hydrogen-bond donors (Lipinski definition) is 0. The molecule has 28 heavy (non-hydrogen) atoms. The molecule has 2 aromatic carbocycles. The fourth-order valence-corrected chi connectivity index (χ4v) is 4.41. The summed E-state index contributed by atoms with van der Waals surface area (Å²) in [6.45, 7) is 2.15. The van der Waals surface area contributed by atoms with Crippen LogP contribution in [0.15, 0.2) is 48.5 Å². The van der Waals surface area contributed by atoms with Crippen LogP contribution in [0.1, 0.15) is 18.9 Å². The maximum atomic E-state index is 13.2. The number of nitrogens with zero attached hydrogens (tertiary/aromatic N) is 2. The number of benzene rings is 2. The van der Waals surface area contributed by atoms with Crippen molar-refractivity contribution in [3.63, 3.8) is 0 Å². The van der Waals surface area contributed by atoms with Gasteiger partial charge < -0.3 is 9.64 Å². The lowest BCUT2D eigenvalue weighted by Gasteiger charge is -2.33. The lowest BCUT2D eigenvalue weighted by Crippen LogP contribution is -2.49. The molecule has 2 rings (SSSR count). The molecule has 1 atom stereocenters. The Morgan fingerprint density at radius 2 is 1.82 bits per heavy atom. The van der Waals surface area contributed by atoms with Crippen LogP contribution in [-0.4, -0.2) is 45.7 Å². The summed E-state index contributed by atoms with van der Waals surface area (Å²) < 4.78 is 31.7. The molecule has 6 nitrogen and oxygen atoms in total. The van der Waals surface area contributed by atoms with Gasteiger partial charge in [0.25, 0.3) is 0 Å². The molecule has 0 saturated heterocycles. The lowest BCUT2D eigenvalue weighted by atomic mass is 10.1. The van der Waals surface area contributed by atoms with E-state index in [0.29, 0.717) is 23.7 Å². The Hall–Kier alpha value is -2.25. The van der Waals surface area contributed by atoms with E-state index < -0.39 is 16.1 Å². The topological polar surface area (TPSA) is 66.9 Å². The van der Waals surface area contributed by atoms with E-state index in [1.807, 2.05) is 30.3 Å². The Labute approximate surface area is 171 Å². The quantitative estimate of drug-likeness (QED) is 0.649. The van der Waals surface area contributed by atoms with Gasteiger partial charge in [0.2, 0.25) is 15.9 Å². The minimum Gasteiger partial charge on any atom is -0.495 e. The summed E-state index contributed by atoms with van der Waals surface area (Å²) in [6, 6.07) is 13.3. The van der Waals surface area contributed by atoms with Crippen LogP contribution in [0, 0.1) is 0 Å². The monoisotopic (exact) mass is 424 g/mol. The number of likely N-dealkylation sites (N-methyl/N-ethyl adjacent to an activating group) is 1. The van der Waals surface area contributed by atoms with Crippen molar-refractivity contribution in [2.75, 3.05) is 24.7 Å². The van der Waals surface area contributed by atoms with E-state index in [0.717, 1.165) is 16.1 Å². The first-order valence-corrected chi connectivity index (χ1v) is 11.0. The second kappa shape index (κ2) is 9.30. The van der Waals surface area contributed by atoms with Crippen LogP contribution in [0.25, 0.3) is 0 Å². The average Bonchev–Trinajstić information content (AvgIpc) is 2.65. The number of hydrogen-bond acceptors (Lipinski definition) is 4. The predicted molar refractivity (Wildman–Crippen MR) is 112 cm³/mol. The van der Waals surface area contributed by atoms with Crippen LogP contribution < -0.4 is 9.04 Å². The Morgan fingerprint density at radius 3 is 2.36 bits per heavy atom. The highest BCUT2D eigenvalue weighted by molar-refractivity contribution is 7.92. The average molecular weight is 425 g/mol. The van der Waals surface area contributed by atoms with Gasteiger partial charge in [0, 0.05) is 18.6 Å². The number of sulfonamides is 1. The van der Waals surface area contributed by atoms with Crippen molar-refractivity contribution < 1.29 is 17.9 Å². The van der Waals surface area contributed by atoms with Crippen LogP contribution >= 0.6 is 11.6 Å². The highest BCUT2D eigenvalue weighted by atomic mass is 35.5. The summed E-state index contributed by atoms with van der Waals surface area (Å²) in [7, 11) is -0.681. The molecule has 2 aromatic rings. The third kappa shape index (κ3) is 5.17. The molecule has 0 aliphatic rings. The lowest BCUT2D eigenvalue weighted by molar-refractivity contribution is -0.131. The normalized spacial score (nSPS) is 12.3. The van der Waals surface area contributed by atoms with Crippen LogP contribution in [0.5, 0.6) is 5.75 Å². The van der Waals surface area contributed by atoms with Gasteiger partial charge in [0.1, 0.15) is 11.8 Å². The molecular weight excluding hydrogens is 400 g/mol. The van der Waals surface area contributed by atoms with Crippen molar-refractivity contribution >= 4 is 33.2 Å². The molecule has 0 aliphatic heterocycles. The van der Waals surface area contributed by atoms with Gasteiger partial charge in [-0.05, 0) is 30.2 Å². The molecule has 1 amide bonds. The number of methoxy groups -OCH3 is 1. The van der Waals surface area contributed by atoms with E-state index in [2.05, 4.69) is 0 Å². The predicted octanol–water partition coefficient (Wildman–Crippen LogP) is 3.55. The zero-order chi connectivity index (χ0) is 20.9. The maximum Gasteiger partial charge on any atom is 0.246 e. The van der Waals surface area contributed by atoms with Crippen molar-refractivity contribution in [1.82, 2.24) is 4.90 Å². The van der Waals surface area contributed by atoms with Crippen LogP contribution in [-0.2, 0) is 21.4 Å². The number of amides is 1. The first kappa shape index (κ1) is 22.0. The van der Waals surface area contributed by atoms with Crippen molar-refractivity contribution in [2.45, 2.75) is 25.9 Å². The molecule has 0 heterocycles. The van der Waals surface area contributed by atoms with E-state index in [9.17, 15) is 13.2 Å². The number of rotatable bonds is 8. The number of carbonyl (C=O) groups excluding carboxylic acids is 1. The third-order valence-electron chi connectivity index (χ3n) is 4.33. The summed E-state index contributed by atoms with van der Waals surface area (Å²) >= 11 is 6.09. The molecule has 0 fully saturated rings. The molecule has 0 N–H and O–H groups in total. The Balaban J connectivity index is 2.44. The highest BCUT2D eigenvalue weighted by Gasteiger charge is 2.35. The zero-order valence-corrected chi connectivity index (χ0v) is 18.0. The molecule has 0 bridgehead atoms. The Bertz CT molecular complexity index is 919. The fourth-order valence-electron chi connectivity index (χ4n) is 3.04. The molecule has 0 unspecified atom stereocenters. The van der Waals surface area contributed by atoms with Gasteiger partial charge in [-0.25, -0.2) is 8.42 Å². The van der Waals surface area contributed by atoms with E-state index >= 15 is 0 Å². The number of anilines is 1. The molecule has 0 radical (unpaired) electrons. The SMILES string of the molecule is CC[C@H](C(=O)N(C)Cc1ccccc1)N(c1cc(Cl)ccc1OC)S(C)(=O)=O. The smallest absolute Gasteiger partial charge is 0.246 e. The second-order valence-electron chi connectivity index (χ2n) is 6.48. The van der Waals surface area contributed by atoms with E-state index in [1.165, 1.54) is 18.1 Å². The van der Waals surface area contributed by atoms with E-state index in [4.69, 9.17) is 16.3 Å². The molecule has 0 spiro atoms. The minimum atomic E-state index is -3.78. The van der Waals surface area contributed by atoms with Crippen molar-refractivity contribution in [1.29, 1.82) is 0 Å². The van der Waals surface area contributed by atoms with Crippen LogP contribution in [0.2, 0.25) is 5.02 Å². The molecular formula is C20H25ClN2O4S. The van der Waals surface area contributed by atoms with Gasteiger partial charge in [0.15, 0.2) is 0 Å². The first-order valence-electron chi connectivity index (χ1n) is 8.80. The van der Waals surface area contributed by atoms with Crippen LogP contribution in [0.3, 0.4) is 0 Å². The molecule has 152 valence electrons. The van der Waals surface area contributed by atoms with Gasteiger partial charge in [-0.1, -0.05) is 48.9 Å². The number of carbonyl (C=O) groups is 1. The van der Waals surface area contributed by atoms with Gasteiger partial charge in [-0.3, -0.25) is 9.10 Å². The summed E-state index contributed by atoms with van der Waals surface area (Å²) in [5.41, 5.74) is 1.20. The standard InChI is InChI=1S/C20H25ClN2O4S/c1-5-17(20(24)22(2)14-15-9-7-6-8-10-15)23(28(4,25)26)18-13-16(21)11-12-19(18)27-3/h6-13,17H,5,14H2,1-4H3/t17-/m1/s1. The van der Waals surface area contributed by atoms with E-state index in [1.54, 1.807) is 26.1 Å². The molecule has 0 aliphatic carbocycles. The Morgan fingerprint density at radius 1 is 1.18 bits per heavy atom. The second-order valence-corrected chi connectivity index (χ2v) is 8.77. The fraction of sp³-hybridized carbons (Fsp3) is 0.350. The van der Waals surface area contributed by atoms with Crippen molar-refractivity contribution in [2.24, 2.45) is 0 Å². The molecule has 8 heteroatoms. The summed E-state index contributed by atoms with van der Waals surface area (Å²) in [6.07, 6.45) is 1.36. The maximum absolute atomic E-state index is 13.2. The highest BCUT2D eigenvalue weighted by Crippen LogP contribution is 2.35. The third-order valence-corrected chi connectivity index (χ3v) is 5.73. The Kier molecular flexibility index (Phi) is 7.32. The summed E-state index contributed by atoms with van der Waals surface area (Å²) in [5, 5.41) is 0.351. The largest absolute Gasteiger partial charge is 0.495 e. The van der Waals surface area contributed by atoms with E-state index in [-0.39, 0.29) is 11.6 Å². The van der Waals surface area contributed by atoms with Gasteiger partial charge in [-0.2, -0.15) is 0 Å². The number of ether oxygens (including phenoxy) is 1. The zero-order valence-electron chi connectivity index (χ0n) is 16.4. The van der Waals surface area contributed by atoms with Gasteiger partial charge in [-0.15, -0.1) is 0 Å². The van der Waals surface area contributed by atoms with Gasteiger partial charge in [0.05, 0.1) is 19.1 Å². The molecule has 0 saturated carbocycles. The minimum absolute atomic E-state index is 0.241. The first-order chi connectivity index (χ1) is 13.2. The summed E-state index contributed by atoms with van der Waals surface area (Å²) in [4.78, 5) is 14.7. The number of halogens is 1.